The fourth-order valence-corrected chi connectivity index (χ4v) is 2.85. The van der Waals surface area contributed by atoms with E-state index in [1.165, 1.54) is 31.4 Å². The van der Waals surface area contributed by atoms with Crippen LogP contribution in [0.25, 0.3) is 0 Å². The van der Waals surface area contributed by atoms with Crippen LogP contribution in [0.2, 0.25) is 0 Å². The number of nitro benzene ring substituents is 1. The molecule has 8 nitrogen and oxygen atoms in total. The van der Waals surface area contributed by atoms with Crippen molar-refractivity contribution < 1.29 is 32.7 Å². The maximum atomic E-state index is 13.2. The van der Waals surface area contributed by atoms with Crippen molar-refractivity contribution >= 4 is 17.3 Å². The fraction of sp³-hybridized carbons (Fsp3) is 0.222. The van der Waals surface area contributed by atoms with Gasteiger partial charge in [0, 0.05) is 23.3 Å². The van der Waals surface area contributed by atoms with E-state index < -0.39 is 34.9 Å². The summed E-state index contributed by atoms with van der Waals surface area (Å²) in [6.07, 6.45) is -5.89. The van der Waals surface area contributed by atoms with Crippen molar-refractivity contribution in [1.82, 2.24) is 5.01 Å². The summed E-state index contributed by atoms with van der Waals surface area (Å²) in [6, 6.07) is 9.72. The number of methoxy groups -OCH3 is 1. The third-order valence-electron chi connectivity index (χ3n) is 4.38. The number of benzene rings is 2. The number of alkyl halides is 3. The molecule has 0 radical (unpaired) electrons. The molecule has 1 aliphatic heterocycles. The SMILES string of the molecule is COc1ccc(C(=O)N2N=C(C(F)(F)F)C[C@@]2(O)c2ccc([N+](=O)[O-])cc2)cc1. The Balaban J connectivity index is 2.04. The number of nitrogens with zero attached hydrogens (tertiary/aromatic N) is 3. The maximum absolute atomic E-state index is 13.2. The molecule has 0 aliphatic carbocycles. The highest BCUT2D eigenvalue weighted by molar-refractivity contribution is 5.99. The lowest BCUT2D eigenvalue weighted by Crippen LogP contribution is -2.43. The lowest BCUT2D eigenvalue weighted by atomic mass is 9.96. The first kappa shape index (κ1) is 20.3. The second kappa shape index (κ2) is 7.17. The Labute approximate surface area is 162 Å². The van der Waals surface area contributed by atoms with E-state index in [9.17, 15) is 33.2 Å². The molecule has 0 bridgehead atoms. The standard InChI is InChI=1S/C18H14F3N3O5/c1-29-14-8-2-11(3-9-14)16(25)23-17(26,10-15(22-23)18(19,20)21)12-4-6-13(7-5-12)24(27)28/h2-9,26H,10H2,1H3/t17-/m1/s1. The first-order chi connectivity index (χ1) is 13.6. The highest BCUT2D eigenvalue weighted by atomic mass is 19.4. The third-order valence-corrected chi connectivity index (χ3v) is 4.38. The lowest BCUT2D eigenvalue weighted by molar-refractivity contribution is -0.384. The van der Waals surface area contributed by atoms with Crippen molar-refractivity contribution in [3.05, 3.63) is 69.8 Å². The average Bonchev–Trinajstić information content (AvgIpc) is 3.07. The van der Waals surface area contributed by atoms with Crippen LogP contribution in [0.3, 0.4) is 0 Å². The quantitative estimate of drug-likeness (QED) is 0.617. The summed E-state index contributed by atoms with van der Waals surface area (Å²) in [5, 5.41) is 25.5. The van der Waals surface area contributed by atoms with Gasteiger partial charge in [0.2, 0.25) is 0 Å². The van der Waals surface area contributed by atoms with Gasteiger partial charge in [-0.1, -0.05) is 0 Å². The Kier molecular flexibility index (Phi) is 5.01. The molecule has 0 aromatic heterocycles. The molecule has 11 heteroatoms. The summed E-state index contributed by atoms with van der Waals surface area (Å²) in [5.74, 6) is -0.555. The molecule has 1 atom stereocenters. The molecule has 0 saturated carbocycles. The van der Waals surface area contributed by atoms with Crippen molar-refractivity contribution in [3.63, 3.8) is 0 Å². The van der Waals surface area contributed by atoms with Gasteiger partial charge in [-0.05, 0) is 36.4 Å². The molecule has 152 valence electrons. The number of hydrogen-bond donors (Lipinski definition) is 1. The number of rotatable bonds is 4. The Morgan fingerprint density at radius 2 is 1.79 bits per heavy atom. The minimum absolute atomic E-state index is 0.0293. The Morgan fingerprint density at radius 3 is 2.28 bits per heavy atom. The fourth-order valence-electron chi connectivity index (χ4n) is 2.85. The van der Waals surface area contributed by atoms with E-state index in [2.05, 4.69) is 5.10 Å². The molecule has 0 saturated heterocycles. The molecule has 1 aliphatic rings. The zero-order valence-corrected chi connectivity index (χ0v) is 14.9. The van der Waals surface area contributed by atoms with Crippen molar-refractivity contribution in [3.8, 4) is 5.75 Å². The van der Waals surface area contributed by atoms with Crippen LogP contribution in [-0.2, 0) is 5.72 Å². The number of carbonyl (C=O) groups excluding carboxylic acids is 1. The molecule has 1 heterocycles. The molecule has 0 spiro atoms. The van der Waals surface area contributed by atoms with E-state index in [-0.39, 0.29) is 16.8 Å². The number of hydrogen-bond acceptors (Lipinski definition) is 6. The van der Waals surface area contributed by atoms with Gasteiger partial charge in [0.05, 0.1) is 18.5 Å². The van der Waals surface area contributed by atoms with Gasteiger partial charge < -0.3 is 9.84 Å². The van der Waals surface area contributed by atoms with Gasteiger partial charge in [-0.15, -0.1) is 0 Å². The molecule has 0 unspecified atom stereocenters. The number of halogens is 3. The van der Waals surface area contributed by atoms with Crippen LogP contribution in [-0.4, -0.2) is 39.9 Å². The minimum atomic E-state index is -4.87. The van der Waals surface area contributed by atoms with Crippen LogP contribution in [0, 0.1) is 10.1 Å². The molecular formula is C18H14F3N3O5. The van der Waals surface area contributed by atoms with E-state index >= 15 is 0 Å². The number of amides is 1. The maximum Gasteiger partial charge on any atom is 0.431 e. The van der Waals surface area contributed by atoms with E-state index in [0.717, 1.165) is 24.3 Å². The van der Waals surface area contributed by atoms with E-state index in [4.69, 9.17) is 4.74 Å². The van der Waals surface area contributed by atoms with Crippen LogP contribution in [0.15, 0.2) is 53.6 Å². The summed E-state index contributed by atoms with van der Waals surface area (Å²) < 4.78 is 44.7. The lowest BCUT2D eigenvalue weighted by Gasteiger charge is -2.31. The molecule has 29 heavy (non-hydrogen) atoms. The predicted octanol–water partition coefficient (Wildman–Crippen LogP) is 3.21. The second-order valence-electron chi connectivity index (χ2n) is 6.19. The van der Waals surface area contributed by atoms with Crippen molar-refractivity contribution in [2.75, 3.05) is 7.11 Å². The van der Waals surface area contributed by atoms with Crippen LogP contribution in [0.1, 0.15) is 22.3 Å². The number of hydrazone groups is 1. The van der Waals surface area contributed by atoms with Gasteiger partial charge in [-0.2, -0.15) is 23.3 Å². The zero-order valence-electron chi connectivity index (χ0n) is 14.9. The number of aliphatic hydroxyl groups is 1. The highest BCUT2D eigenvalue weighted by Crippen LogP contribution is 2.40. The molecule has 3 rings (SSSR count). The van der Waals surface area contributed by atoms with Gasteiger partial charge in [0.1, 0.15) is 11.5 Å². The van der Waals surface area contributed by atoms with E-state index in [0.29, 0.717) is 10.8 Å². The van der Waals surface area contributed by atoms with Crippen LogP contribution in [0.4, 0.5) is 18.9 Å². The predicted molar refractivity (Wildman–Crippen MR) is 94.3 cm³/mol. The van der Waals surface area contributed by atoms with E-state index in [1.54, 1.807) is 0 Å². The number of non-ortho nitro benzene ring substituents is 1. The molecule has 1 amide bonds. The van der Waals surface area contributed by atoms with Gasteiger partial charge in [-0.25, -0.2) is 0 Å². The molecule has 2 aromatic carbocycles. The highest BCUT2D eigenvalue weighted by Gasteiger charge is 2.53. The average molecular weight is 409 g/mol. The summed E-state index contributed by atoms with van der Waals surface area (Å²) >= 11 is 0. The van der Waals surface area contributed by atoms with Gasteiger partial charge >= 0.3 is 6.18 Å². The van der Waals surface area contributed by atoms with Crippen LogP contribution < -0.4 is 4.74 Å². The van der Waals surface area contributed by atoms with Crippen molar-refractivity contribution in [2.45, 2.75) is 18.3 Å². The van der Waals surface area contributed by atoms with Crippen LogP contribution in [0.5, 0.6) is 5.75 Å². The molecular weight excluding hydrogens is 395 g/mol. The van der Waals surface area contributed by atoms with E-state index in [1.807, 2.05) is 0 Å². The smallest absolute Gasteiger partial charge is 0.431 e. The Bertz CT molecular complexity index is 974. The zero-order chi connectivity index (χ0) is 21.4. The van der Waals surface area contributed by atoms with Gasteiger partial charge in [-0.3, -0.25) is 14.9 Å². The summed E-state index contributed by atoms with van der Waals surface area (Å²) in [4.78, 5) is 22.9. The third kappa shape index (κ3) is 3.76. The number of nitro groups is 1. The van der Waals surface area contributed by atoms with Crippen molar-refractivity contribution in [1.29, 1.82) is 0 Å². The normalized spacial score (nSPS) is 19.1. The van der Waals surface area contributed by atoms with Gasteiger partial charge in [0.15, 0.2) is 5.72 Å². The number of carbonyl (C=O) groups is 1. The minimum Gasteiger partial charge on any atom is -0.497 e. The molecule has 2 aromatic rings. The van der Waals surface area contributed by atoms with Crippen LogP contribution >= 0.6 is 0 Å². The Hall–Kier alpha value is -3.47. The molecule has 1 N–H and O–H groups in total. The van der Waals surface area contributed by atoms with Crippen molar-refractivity contribution in [2.24, 2.45) is 5.10 Å². The topological polar surface area (TPSA) is 105 Å². The number of ether oxygens (including phenoxy) is 1. The first-order valence-electron chi connectivity index (χ1n) is 8.17. The summed E-state index contributed by atoms with van der Waals surface area (Å²) in [7, 11) is 1.41. The molecule has 0 fully saturated rings. The largest absolute Gasteiger partial charge is 0.497 e. The first-order valence-corrected chi connectivity index (χ1v) is 8.17. The summed E-state index contributed by atoms with van der Waals surface area (Å²) in [5.41, 5.74) is -4.30. The Morgan fingerprint density at radius 1 is 1.21 bits per heavy atom. The second-order valence-corrected chi connectivity index (χ2v) is 6.19. The monoisotopic (exact) mass is 409 g/mol. The van der Waals surface area contributed by atoms with Gasteiger partial charge in [0.25, 0.3) is 11.6 Å². The summed E-state index contributed by atoms with van der Waals surface area (Å²) in [6.45, 7) is 0.